The molecule has 1 aliphatic rings. The lowest BCUT2D eigenvalue weighted by Gasteiger charge is -2.40. The van der Waals surface area contributed by atoms with Crippen molar-refractivity contribution < 1.29 is 4.79 Å². The summed E-state index contributed by atoms with van der Waals surface area (Å²) in [7, 11) is 0. The van der Waals surface area contributed by atoms with Crippen molar-refractivity contribution in [3.8, 4) is 6.07 Å². The number of rotatable bonds is 3. The van der Waals surface area contributed by atoms with E-state index in [4.69, 9.17) is 5.26 Å². The van der Waals surface area contributed by atoms with Gasteiger partial charge in [0.1, 0.15) is 17.6 Å². The molecular formula is C15H18N6O. The summed E-state index contributed by atoms with van der Waals surface area (Å²) in [5, 5.41) is 8.85. The van der Waals surface area contributed by atoms with Crippen molar-refractivity contribution in [2.24, 2.45) is 0 Å². The molecule has 0 saturated carbocycles. The molecule has 0 bridgehead atoms. The molecular weight excluding hydrogens is 280 g/mol. The van der Waals surface area contributed by atoms with E-state index in [0.29, 0.717) is 24.3 Å². The summed E-state index contributed by atoms with van der Waals surface area (Å²) in [6.07, 6.45) is 5.12. The first-order chi connectivity index (χ1) is 10.7. The van der Waals surface area contributed by atoms with Crippen LogP contribution >= 0.6 is 0 Å². The van der Waals surface area contributed by atoms with Gasteiger partial charge in [-0.3, -0.25) is 9.69 Å². The van der Waals surface area contributed by atoms with E-state index in [1.54, 1.807) is 24.7 Å². The quantitative estimate of drug-likeness (QED) is 0.888. The topological polar surface area (TPSA) is 91.8 Å². The van der Waals surface area contributed by atoms with Crippen LogP contribution in [0, 0.1) is 11.3 Å². The highest BCUT2D eigenvalue weighted by atomic mass is 16.2. The van der Waals surface area contributed by atoms with Gasteiger partial charge in [-0.25, -0.2) is 4.98 Å². The highest BCUT2D eigenvalue weighted by Gasteiger charge is 2.31. The number of aromatic amines is 2. The van der Waals surface area contributed by atoms with E-state index in [-0.39, 0.29) is 11.9 Å². The molecule has 7 heteroatoms. The summed E-state index contributed by atoms with van der Waals surface area (Å²) < 4.78 is 0. The molecule has 0 unspecified atom stereocenters. The molecule has 0 aromatic carbocycles. The van der Waals surface area contributed by atoms with Crippen LogP contribution in [0.3, 0.4) is 0 Å². The van der Waals surface area contributed by atoms with Crippen molar-refractivity contribution in [3.63, 3.8) is 0 Å². The number of likely N-dealkylation sites (N-methyl/N-ethyl adjacent to an activating group) is 1. The molecule has 0 radical (unpaired) electrons. The van der Waals surface area contributed by atoms with Gasteiger partial charge in [0.05, 0.1) is 11.6 Å². The van der Waals surface area contributed by atoms with Crippen LogP contribution < -0.4 is 0 Å². The number of hydrogen-bond acceptors (Lipinski definition) is 4. The number of hydrogen-bond donors (Lipinski definition) is 2. The van der Waals surface area contributed by atoms with Gasteiger partial charge in [0, 0.05) is 38.2 Å². The lowest BCUT2D eigenvalue weighted by molar-refractivity contribution is 0.0480. The molecule has 0 aliphatic carbocycles. The third-order valence-electron chi connectivity index (χ3n) is 4.07. The summed E-state index contributed by atoms with van der Waals surface area (Å²) >= 11 is 0. The number of nitrogens with zero attached hydrogens (tertiary/aromatic N) is 4. The van der Waals surface area contributed by atoms with Crippen molar-refractivity contribution in [1.82, 2.24) is 24.8 Å². The number of nitrogens with one attached hydrogen (secondary N) is 2. The van der Waals surface area contributed by atoms with E-state index >= 15 is 0 Å². The van der Waals surface area contributed by atoms with Crippen molar-refractivity contribution in [2.75, 3.05) is 26.2 Å². The Bertz CT molecular complexity index is 683. The normalized spacial score (nSPS) is 19.1. The van der Waals surface area contributed by atoms with Crippen molar-refractivity contribution in [3.05, 3.63) is 41.7 Å². The molecule has 1 amide bonds. The minimum atomic E-state index is -0.0509. The maximum absolute atomic E-state index is 12.6. The van der Waals surface area contributed by atoms with E-state index in [2.05, 4.69) is 26.8 Å². The van der Waals surface area contributed by atoms with Crippen LogP contribution in [-0.2, 0) is 0 Å². The predicted octanol–water partition coefficient (Wildman–Crippen LogP) is 1.13. The second kappa shape index (κ2) is 6.03. The zero-order chi connectivity index (χ0) is 15.5. The van der Waals surface area contributed by atoms with E-state index in [1.165, 1.54) is 0 Å². The minimum absolute atomic E-state index is 0.0509. The number of carbonyl (C=O) groups excluding carboxylic acids is 1. The number of H-pyrrole nitrogens is 2. The molecule has 1 fully saturated rings. The van der Waals surface area contributed by atoms with Gasteiger partial charge in [-0.2, -0.15) is 5.26 Å². The second-order valence-electron chi connectivity index (χ2n) is 5.28. The van der Waals surface area contributed by atoms with Gasteiger partial charge in [-0.05, 0) is 12.6 Å². The maximum Gasteiger partial charge on any atom is 0.255 e. The smallest absolute Gasteiger partial charge is 0.255 e. The first-order valence-corrected chi connectivity index (χ1v) is 7.34. The van der Waals surface area contributed by atoms with Crippen LogP contribution in [-0.4, -0.2) is 56.8 Å². The molecule has 1 aliphatic heterocycles. The Hall–Kier alpha value is -2.59. The Morgan fingerprint density at radius 2 is 2.36 bits per heavy atom. The monoisotopic (exact) mass is 298 g/mol. The first-order valence-electron chi connectivity index (χ1n) is 7.34. The molecule has 2 N–H and O–H groups in total. The average molecular weight is 298 g/mol. The Labute approximate surface area is 128 Å². The van der Waals surface area contributed by atoms with Gasteiger partial charge >= 0.3 is 0 Å². The fourth-order valence-electron chi connectivity index (χ4n) is 2.87. The SMILES string of the molecule is CCN1CCN(C(=O)c2c[nH]c(C#N)c2)C[C@H]1c1ncc[nH]1. The number of aromatic nitrogens is 3. The van der Waals surface area contributed by atoms with Gasteiger partial charge in [0.2, 0.25) is 0 Å². The summed E-state index contributed by atoms with van der Waals surface area (Å²) in [6, 6.07) is 3.67. The van der Waals surface area contributed by atoms with Crippen LogP contribution in [0.1, 0.15) is 34.8 Å². The van der Waals surface area contributed by atoms with Crippen molar-refractivity contribution in [2.45, 2.75) is 13.0 Å². The lowest BCUT2D eigenvalue weighted by atomic mass is 10.1. The van der Waals surface area contributed by atoms with Crippen LogP contribution in [0.2, 0.25) is 0 Å². The standard InChI is InChI=1S/C15H18N6O/c1-2-20-5-6-21(10-13(20)14-17-3-4-18-14)15(22)11-7-12(8-16)19-9-11/h3-4,7,9,13,19H,2,5-6,10H2,1H3,(H,17,18)/t13-/m0/s1. The van der Waals surface area contributed by atoms with Crippen molar-refractivity contribution >= 4 is 5.91 Å². The fourth-order valence-corrected chi connectivity index (χ4v) is 2.87. The predicted molar refractivity (Wildman–Crippen MR) is 80.0 cm³/mol. The Kier molecular flexibility index (Phi) is 3.94. The summed E-state index contributed by atoms with van der Waals surface area (Å²) in [5.74, 6) is 0.830. The molecule has 22 heavy (non-hydrogen) atoms. The summed E-state index contributed by atoms with van der Waals surface area (Å²) in [5.41, 5.74) is 0.929. The molecule has 1 saturated heterocycles. The minimum Gasteiger partial charge on any atom is -0.352 e. The van der Waals surface area contributed by atoms with E-state index in [1.807, 2.05) is 11.0 Å². The number of imidazole rings is 1. The molecule has 7 nitrogen and oxygen atoms in total. The molecule has 0 spiro atoms. The highest BCUT2D eigenvalue weighted by Crippen LogP contribution is 2.23. The Morgan fingerprint density at radius 1 is 1.50 bits per heavy atom. The van der Waals surface area contributed by atoms with Crippen LogP contribution in [0.5, 0.6) is 0 Å². The maximum atomic E-state index is 12.6. The van der Waals surface area contributed by atoms with Crippen LogP contribution in [0.25, 0.3) is 0 Å². The van der Waals surface area contributed by atoms with E-state index in [0.717, 1.165) is 18.9 Å². The molecule has 1 atom stereocenters. The second-order valence-corrected chi connectivity index (χ2v) is 5.28. The van der Waals surface area contributed by atoms with Gasteiger partial charge < -0.3 is 14.9 Å². The van der Waals surface area contributed by atoms with Gasteiger partial charge in [0.25, 0.3) is 5.91 Å². The Balaban J connectivity index is 1.78. The first kappa shape index (κ1) is 14.4. The van der Waals surface area contributed by atoms with E-state index in [9.17, 15) is 4.79 Å². The van der Waals surface area contributed by atoms with Gasteiger partial charge in [-0.1, -0.05) is 6.92 Å². The summed E-state index contributed by atoms with van der Waals surface area (Å²) in [4.78, 5) is 27.0. The number of piperazine rings is 1. The van der Waals surface area contributed by atoms with Gasteiger partial charge in [0.15, 0.2) is 0 Å². The molecule has 114 valence electrons. The summed E-state index contributed by atoms with van der Waals surface area (Å²) in [6.45, 7) is 5.10. The number of carbonyl (C=O) groups is 1. The zero-order valence-electron chi connectivity index (χ0n) is 12.4. The third kappa shape index (κ3) is 2.61. The number of nitriles is 1. The van der Waals surface area contributed by atoms with Gasteiger partial charge in [-0.15, -0.1) is 0 Å². The third-order valence-corrected chi connectivity index (χ3v) is 4.07. The fraction of sp³-hybridized carbons (Fsp3) is 0.400. The molecule has 2 aromatic rings. The molecule has 3 rings (SSSR count). The Morgan fingerprint density at radius 3 is 3.00 bits per heavy atom. The van der Waals surface area contributed by atoms with Crippen molar-refractivity contribution in [1.29, 1.82) is 5.26 Å². The number of amides is 1. The van der Waals surface area contributed by atoms with E-state index < -0.39 is 0 Å². The average Bonchev–Trinajstić information content (AvgIpc) is 3.24. The lowest BCUT2D eigenvalue weighted by Crippen LogP contribution is -2.50. The molecule has 2 aromatic heterocycles. The van der Waals surface area contributed by atoms with Crippen LogP contribution in [0.15, 0.2) is 24.7 Å². The zero-order valence-corrected chi connectivity index (χ0v) is 12.4. The highest BCUT2D eigenvalue weighted by molar-refractivity contribution is 5.94. The molecule has 3 heterocycles. The largest absolute Gasteiger partial charge is 0.352 e. The van der Waals surface area contributed by atoms with Crippen LogP contribution in [0.4, 0.5) is 0 Å².